The van der Waals surface area contributed by atoms with Crippen molar-refractivity contribution in [3.63, 3.8) is 0 Å². The van der Waals surface area contributed by atoms with Gasteiger partial charge in [-0.05, 0) is 24.3 Å². The number of rotatable bonds is 4. The van der Waals surface area contributed by atoms with Crippen LogP contribution in [0.2, 0.25) is 0 Å². The fraction of sp³-hybridized carbons (Fsp3) is 0.0909. The quantitative estimate of drug-likeness (QED) is 0.768. The molecule has 1 aliphatic rings. The summed E-state index contributed by atoms with van der Waals surface area (Å²) in [6.07, 6.45) is 0. The molecule has 0 fully saturated rings. The zero-order valence-corrected chi connectivity index (χ0v) is 14.7. The minimum absolute atomic E-state index is 0.294. The summed E-state index contributed by atoms with van der Waals surface area (Å²) in [6, 6.07) is 24.7. The van der Waals surface area contributed by atoms with Crippen molar-refractivity contribution < 1.29 is 14.6 Å². The second kappa shape index (κ2) is 6.70. The van der Waals surface area contributed by atoms with Crippen molar-refractivity contribution in [3.05, 3.63) is 96.1 Å². The molecule has 0 aromatic heterocycles. The summed E-state index contributed by atoms with van der Waals surface area (Å²) >= 11 is 0. The Hall–Kier alpha value is -3.44. The maximum Gasteiger partial charge on any atom is 0.351 e. The van der Waals surface area contributed by atoms with Crippen LogP contribution in [0.5, 0.6) is 5.75 Å². The second-order valence-corrected chi connectivity index (χ2v) is 6.18. The van der Waals surface area contributed by atoms with E-state index in [1.165, 1.54) is 4.90 Å². The molecule has 4 rings (SSSR count). The predicted octanol–water partition coefficient (Wildman–Crippen LogP) is 3.97. The summed E-state index contributed by atoms with van der Waals surface area (Å²) in [5, 5.41) is 11.9. The summed E-state index contributed by atoms with van der Waals surface area (Å²) in [7, 11) is 1.58. The van der Waals surface area contributed by atoms with E-state index in [-0.39, 0.29) is 0 Å². The lowest BCUT2D eigenvalue weighted by Crippen LogP contribution is -2.49. The second-order valence-electron chi connectivity index (χ2n) is 6.18. The Labute approximate surface area is 157 Å². The first kappa shape index (κ1) is 17.0. The normalized spacial score (nSPS) is 19.1. The van der Waals surface area contributed by atoms with Gasteiger partial charge in [0.1, 0.15) is 11.5 Å². The molecule has 0 bridgehead atoms. The van der Waals surface area contributed by atoms with Gasteiger partial charge in [0.25, 0.3) is 0 Å². The molecule has 1 N–H and O–H groups in total. The Morgan fingerprint density at radius 2 is 1.48 bits per heavy atom. The number of urea groups is 1. The first-order chi connectivity index (χ1) is 13.1. The van der Waals surface area contributed by atoms with Crippen molar-refractivity contribution in [1.82, 2.24) is 0 Å². The van der Waals surface area contributed by atoms with Crippen molar-refractivity contribution in [2.75, 3.05) is 12.0 Å². The van der Waals surface area contributed by atoms with Gasteiger partial charge in [-0.3, -0.25) is 4.90 Å². The van der Waals surface area contributed by atoms with E-state index in [4.69, 9.17) is 4.74 Å². The molecule has 1 heterocycles. The molecule has 0 spiro atoms. The van der Waals surface area contributed by atoms with Gasteiger partial charge in [-0.15, -0.1) is 0 Å². The monoisotopic (exact) mass is 358 g/mol. The van der Waals surface area contributed by atoms with E-state index in [1.54, 1.807) is 43.5 Å². The molecule has 1 atom stereocenters. The van der Waals surface area contributed by atoms with Gasteiger partial charge < -0.3 is 9.84 Å². The van der Waals surface area contributed by atoms with Gasteiger partial charge in [0.15, 0.2) is 0 Å². The van der Waals surface area contributed by atoms with Gasteiger partial charge >= 0.3 is 6.03 Å². The van der Waals surface area contributed by atoms with Crippen molar-refractivity contribution in [1.29, 1.82) is 0 Å². The minimum Gasteiger partial charge on any atom is -0.497 e. The number of benzene rings is 3. The van der Waals surface area contributed by atoms with Gasteiger partial charge in [0.2, 0.25) is 5.72 Å². The average Bonchev–Trinajstić information content (AvgIpc) is 3.01. The highest BCUT2D eigenvalue weighted by atomic mass is 16.5. The summed E-state index contributed by atoms with van der Waals surface area (Å²) in [5.74, 6) is 0.663. The number of ether oxygens (including phenoxy) is 1. The lowest BCUT2D eigenvalue weighted by Gasteiger charge is -2.34. The Morgan fingerprint density at radius 3 is 2.07 bits per heavy atom. The standard InChI is InChI=1S/C22H18N2O3/c1-27-19-14-12-17(13-15-19)22(26)20(16-8-4-2-5-9-16)23-21(25)24(22)18-10-6-3-7-11-18/h2-15,26H,1H3. The molecule has 0 saturated heterocycles. The number of anilines is 1. The lowest BCUT2D eigenvalue weighted by atomic mass is 9.91. The number of carbonyl (C=O) groups excluding carboxylic acids is 1. The average molecular weight is 358 g/mol. The van der Waals surface area contributed by atoms with Crippen LogP contribution >= 0.6 is 0 Å². The number of hydrogen-bond acceptors (Lipinski definition) is 3. The summed E-state index contributed by atoms with van der Waals surface area (Å²) in [6.45, 7) is 0. The molecule has 1 aliphatic heterocycles. The molecule has 5 nitrogen and oxygen atoms in total. The molecule has 0 radical (unpaired) electrons. The van der Waals surface area contributed by atoms with Crippen molar-refractivity contribution in [2.24, 2.45) is 4.99 Å². The molecule has 5 heteroatoms. The number of amides is 2. The maximum absolute atomic E-state index is 12.8. The smallest absolute Gasteiger partial charge is 0.351 e. The number of methoxy groups -OCH3 is 1. The molecule has 3 aromatic rings. The summed E-state index contributed by atoms with van der Waals surface area (Å²) in [5.41, 5.74) is 0.340. The van der Waals surface area contributed by atoms with Gasteiger partial charge in [-0.2, -0.15) is 4.99 Å². The third kappa shape index (κ3) is 2.78. The molecule has 1 unspecified atom stereocenters. The molecular weight excluding hydrogens is 340 g/mol. The first-order valence-electron chi connectivity index (χ1n) is 8.55. The zero-order valence-electron chi connectivity index (χ0n) is 14.7. The van der Waals surface area contributed by atoms with Gasteiger partial charge in [0, 0.05) is 16.8 Å². The third-order valence-corrected chi connectivity index (χ3v) is 4.61. The number of hydrogen-bond donors (Lipinski definition) is 1. The van der Waals surface area contributed by atoms with Gasteiger partial charge in [-0.1, -0.05) is 60.7 Å². The lowest BCUT2D eigenvalue weighted by molar-refractivity contribution is 0.120. The first-order valence-corrected chi connectivity index (χ1v) is 8.55. The van der Waals surface area contributed by atoms with Crippen LogP contribution in [-0.2, 0) is 5.72 Å². The highest BCUT2D eigenvalue weighted by Gasteiger charge is 2.50. The largest absolute Gasteiger partial charge is 0.497 e. The van der Waals surface area contributed by atoms with E-state index in [2.05, 4.69) is 4.99 Å². The van der Waals surface area contributed by atoms with Crippen LogP contribution in [0.15, 0.2) is 89.9 Å². The molecule has 3 aromatic carbocycles. The molecule has 0 aliphatic carbocycles. The van der Waals surface area contributed by atoms with E-state index < -0.39 is 11.8 Å². The summed E-state index contributed by atoms with van der Waals surface area (Å²) < 4.78 is 5.22. The van der Waals surface area contributed by atoms with E-state index >= 15 is 0 Å². The van der Waals surface area contributed by atoms with Gasteiger partial charge in [-0.25, -0.2) is 4.79 Å². The molecule has 134 valence electrons. The van der Waals surface area contributed by atoms with E-state index in [1.807, 2.05) is 48.5 Å². The number of aliphatic hydroxyl groups is 1. The van der Waals surface area contributed by atoms with Crippen molar-refractivity contribution in [3.8, 4) is 5.75 Å². The third-order valence-electron chi connectivity index (χ3n) is 4.61. The number of para-hydroxylation sites is 1. The Bertz CT molecular complexity index is 985. The zero-order chi connectivity index (χ0) is 18.9. The fourth-order valence-corrected chi connectivity index (χ4v) is 3.29. The van der Waals surface area contributed by atoms with Crippen LogP contribution in [0, 0.1) is 0 Å². The van der Waals surface area contributed by atoms with E-state index in [0.29, 0.717) is 28.3 Å². The van der Waals surface area contributed by atoms with E-state index in [0.717, 1.165) is 0 Å². The van der Waals surface area contributed by atoms with Crippen LogP contribution < -0.4 is 9.64 Å². The van der Waals surface area contributed by atoms with Crippen LogP contribution in [0.3, 0.4) is 0 Å². The minimum atomic E-state index is -1.73. The number of carbonyl (C=O) groups is 1. The van der Waals surface area contributed by atoms with Crippen LogP contribution in [-0.4, -0.2) is 24.0 Å². The molecule has 0 saturated carbocycles. The molecule has 27 heavy (non-hydrogen) atoms. The van der Waals surface area contributed by atoms with Crippen molar-refractivity contribution >= 4 is 17.4 Å². The van der Waals surface area contributed by atoms with E-state index in [9.17, 15) is 9.90 Å². The SMILES string of the molecule is COc1ccc(C2(O)C(c3ccccc3)=NC(=O)N2c2ccccc2)cc1. The maximum atomic E-state index is 12.8. The topological polar surface area (TPSA) is 62.1 Å². The Kier molecular flexibility index (Phi) is 4.22. The fourth-order valence-electron chi connectivity index (χ4n) is 3.29. The Balaban J connectivity index is 1.91. The number of nitrogens with zero attached hydrogens (tertiary/aromatic N) is 2. The van der Waals surface area contributed by atoms with Crippen molar-refractivity contribution in [2.45, 2.75) is 5.72 Å². The van der Waals surface area contributed by atoms with Crippen LogP contribution in [0.1, 0.15) is 11.1 Å². The number of aliphatic imine (C=N–C) groups is 1. The molecule has 2 amide bonds. The highest BCUT2D eigenvalue weighted by Crippen LogP contribution is 2.39. The Morgan fingerprint density at radius 1 is 0.889 bits per heavy atom. The van der Waals surface area contributed by atoms with Crippen LogP contribution in [0.4, 0.5) is 10.5 Å². The molecular formula is C22H18N2O3. The van der Waals surface area contributed by atoms with Gasteiger partial charge in [0.05, 0.1) is 7.11 Å². The predicted molar refractivity (Wildman–Crippen MR) is 104 cm³/mol. The van der Waals surface area contributed by atoms with Crippen LogP contribution in [0.25, 0.3) is 0 Å². The summed E-state index contributed by atoms with van der Waals surface area (Å²) in [4.78, 5) is 18.4. The highest BCUT2D eigenvalue weighted by molar-refractivity contribution is 6.22.